The van der Waals surface area contributed by atoms with Crippen molar-refractivity contribution in [2.24, 2.45) is 0 Å². The first-order valence-electron chi connectivity index (χ1n) is 4.55. The van der Waals surface area contributed by atoms with Crippen LogP contribution >= 0.6 is 15.9 Å². The maximum Gasteiger partial charge on any atom is 0.328 e. The summed E-state index contributed by atoms with van der Waals surface area (Å²) >= 11 is 2.99. The zero-order valence-electron chi connectivity index (χ0n) is 8.48. The number of aliphatic carboxylic acids is 1. The minimum Gasteiger partial charge on any atom is -0.480 e. The van der Waals surface area contributed by atoms with Crippen LogP contribution in [-0.4, -0.2) is 34.7 Å². The number of carboxylic acid groups (broad SMARTS) is 1. The molecule has 17 heavy (non-hydrogen) atoms. The van der Waals surface area contributed by atoms with Crippen molar-refractivity contribution in [3.63, 3.8) is 0 Å². The molecule has 0 aromatic heterocycles. The van der Waals surface area contributed by atoms with Crippen molar-refractivity contribution in [3.8, 4) is 0 Å². The Labute approximate surface area is 104 Å². The highest BCUT2D eigenvalue weighted by atomic mass is 79.9. The monoisotopic (exact) mass is 305 g/mol. The first kappa shape index (κ1) is 13.6. The number of carbonyl (C=O) groups excluding carboxylic acids is 1. The maximum atomic E-state index is 12.8. The van der Waals surface area contributed by atoms with Gasteiger partial charge in [0.05, 0.1) is 12.2 Å². The molecule has 0 aliphatic carbocycles. The molecule has 7 heteroatoms. The van der Waals surface area contributed by atoms with Crippen molar-refractivity contribution in [1.82, 2.24) is 5.32 Å². The molecule has 0 saturated carbocycles. The van der Waals surface area contributed by atoms with Crippen molar-refractivity contribution in [2.75, 3.05) is 6.61 Å². The van der Waals surface area contributed by atoms with Gasteiger partial charge >= 0.3 is 5.97 Å². The quantitative estimate of drug-likeness (QED) is 0.766. The number of rotatable bonds is 4. The van der Waals surface area contributed by atoms with Gasteiger partial charge in [-0.25, -0.2) is 9.18 Å². The summed E-state index contributed by atoms with van der Waals surface area (Å²) in [5, 5.41) is 19.5. The first-order chi connectivity index (χ1) is 7.95. The summed E-state index contributed by atoms with van der Waals surface area (Å²) in [6.45, 7) is -0.722. The van der Waals surface area contributed by atoms with Gasteiger partial charge in [0.25, 0.3) is 5.91 Å². The number of nitrogens with one attached hydrogen (secondary N) is 1. The van der Waals surface area contributed by atoms with Crippen molar-refractivity contribution in [3.05, 3.63) is 34.1 Å². The van der Waals surface area contributed by atoms with Crippen LogP contribution in [0.5, 0.6) is 0 Å². The highest BCUT2D eigenvalue weighted by Gasteiger charge is 2.20. The van der Waals surface area contributed by atoms with E-state index in [4.69, 9.17) is 10.2 Å². The highest BCUT2D eigenvalue weighted by molar-refractivity contribution is 9.10. The van der Waals surface area contributed by atoms with Gasteiger partial charge in [-0.1, -0.05) is 0 Å². The van der Waals surface area contributed by atoms with Crippen LogP contribution in [0, 0.1) is 5.82 Å². The van der Waals surface area contributed by atoms with E-state index in [2.05, 4.69) is 21.2 Å². The van der Waals surface area contributed by atoms with Crippen LogP contribution in [-0.2, 0) is 4.79 Å². The summed E-state index contributed by atoms with van der Waals surface area (Å²) in [5.74, 6) is -2.58. The lowest BCUT2D eigenvalue weighted by atomic mass is 10.2. The molecule has 0 unspecified atom stereocenters. The molecule has 0 aliphatic heterocycles. The number of amides is 1. The van der Waals surface area contributed by atoms with Gasteiger partial charge in [0.15, 0.2) is 6.04 Å². The molecule has 1 aromatic carbocycles. The topological polar surface area (TPSA) is 86.6 Å². The Bertz CT molecular complexity index is 452. The van der Waals surface area contributed by atoms with Crippen LogP contribution in [0.25, 0.3) is 0 Å². The van der Waals surface area contributed by atoms with E-state index in [1.807, 2.05) is 0 Å². The fourth-order valence-electron chi connectivity index (χ4n) is 1.10. The number of benzene rings is 1. The van der Waals surface area contributed by atoms with Crippen LogP contribution in [0.1, 0.15) is 10.4 Å². The normalized spacial score (nSPS) is 11.9. The Morgan fingerprint density at radius 3 is 2.59 bits per heavy atom. The molecule has 1 rings (SSSR count). The predicted molar refractivity (Wildman–Crippen MR) is 60.1 cm³/mol. The maximum absolute atomic E-state index is 12.8. The molecule has 1 amide bonds. The average Bonchev–Trinajstić information content (AvgIpc) is 2.24. The van der Waals surface area contributed by atoms with Gasteiger partial charge in [-0.2, -0.15) is 0 Å². The van der Waals surface area contributed by atoms with E-state index < -0.39 is 30.3 Å². The lowest BCUT2D eigenvalue weighted by Crippen LogP contribution is -2.43. The molecule has 0 bridgehead atoms. The zero-order valence-corrected chi connectivity index (χ0v) is 10.1. The second-order valence-electron chi connectivity index (χ2n) is 3.17. The molecule has 0 aliphatic rings. The molecule has 0 saturated heterocycles. The Morgan fingerprint density at radius 1 is 1.47 bits per heavy atom. The summed E-state index contributed by atoms with van der Waals surface area (Å²) in [6, 6.07) is 1.99. The molecule has 5 nitrogen and oxygen atoms in total. The van der Waals surface area contributed by atoms with Gasteiger partial charge < -0.3 is 15.5 Å². The molecule has 0 radical (unpaired) electrons. The lowest BCUT2D eigenvalue weighted by molar-refractivity contribution is -0.140. The fraction of sp³-hybridized carbons (Fsp3) is 0.200. The van der Waals surface area contributed by atoms with E-state index in [-0.39, 0.29) is 10.0 Å². The Hall–Kier alpha value is -1.47. The van der Waals surface area contributed by atoms with Gasteiger partial charge in [0.1, 0.15) is 5.82 Å². The molecular weight excluding hydrogens is 297 g/mol. The third-order valence-electron chi connectivity index (χ3n) is 1.96. The molecule has 0 fully saturated rings. The number of hydrogen-bond acceptors (Lipinski definition) is 3. The van der Waals surface area contributed by atoms with Crippen molar-refractivity contribution in [2.45, 2.75) is 6.04 Å². The highest BCUT2D eigenvalue weighted by Crippen LogP contribution is 2.17. The van der Waals surface area contributed by atoms with Crippen LogP contribution < -0.4 is 5.32 Å². The lowest BCUT2D eigenvalue weighted by Gasteiger charge is -2.12. The summed E-state index contributed by atoms with van der Waals surface area (Å²) in [4.78, 5) is 22.2. The molecule has 0 heterocycles. The van der Waals surface area contributed by atoms with E-state index >= 15 is 0 Å². The van der Waals surface area contributed by atoms with E-state index in [0.29, 0.717) is 0 Å². The predicted octanol–water partition coefficient (Wildman–Crippen LogP) is 0.763. The fourth-order valence-corrected chi connectivity index (χ4v) is 1.63. The molecule has 92 valence electrons. The van der Waals surface area contributed by atoms with E-state index in [0.717, 1.165) is 12.1 Å². The van der Waals surface area contributed by atoms with Crippen LogP contribution in [0.2, 0.25) is 0 Å². The minimum atomic E-state index is -1.39. The summed E-state index contributed by atoms with van der Waals surface area (Å²) in [7, 11) is 0. The first-order valence-corrected chi connectivity index (χ1v) is 5.34. The Kier molecular flexibility index (Phi) is 4.59. The second kappa shape index (κ2) is 5.74. The summed E-state index contributed by atoms with van der Waals surface area (Å²) in [6.07, 6.45) is 0. The number of hydrogen-bond donors (Lipinski definition) is 3. The van der Waals surface area contributed by atoms with E-state index in [1.165, 1.54) is 6.07 Å². The Balaban J connectivity index is 2.86. The number of halogens is 2. The minimum absolute atomic E-state index is 0.0890. The van der Waals surface area contributed by atoms with Gasteiger partial charge in [0, 0.05) is 4.47 Å². The van der Waals surface area contributed by atoms with E-state index in [9.17, 15) is 14.0 Å². The van der Waals surface area contributed by atoms with Gasteiger partial charge in [-0.15, -0.1) is 0 Å². The van der Waals surface area contributed by atoms with Crippen LogP contribution in [0.15, 0.2) is 22.7 Å². The number of aliphatic hydroxyl groups excluding tert-OH is 1. The van der Waals surface area contributed by atoms with Crippen molar-refractivity contribution >= 4 is 27.8 Å². The van der Waals surface area contributed by atoms with E-state index in [1.54, 1.807) is 0 Å². The second-order valence-corrected chi connectivity index (χ2v) is 4.03. The molecule has 1 atom stereocenters. The number of carboxylic acids is 1. The molecule has 1 aromatic rings. The molecular formula is C10H9BrFNO4. The summed E-state index contributed by atoms with van der Waals surface area (Å²) < 4.78 is 13.0. The van der Waals surface area contributed by atoms with Crippen LogP contribution in [0.3, 0.4) is 0 Å². The third kappa shape index (κ3) is 3.50. The zero-order chi connectivity index (χ0) is 13.0. The van der Waals surface area contributed by atoms with Gasteiger partial charge in [0.2, 0.25) is 0 Å². The van der Waals surface area contributed by atoms with Gasteiger partial charge in [-0.05, 0) is 34.1 Å². The smallest absolute Gasteiger partial charge is 0.328 e. The molecule has 3 N–H and O–H groups in total. The van der Waals surface area contributed by atoms with Gasteiger partial charge in [-0.3, -0.25) is 4.79 Å². The Morgan fingerprint density at radius 2 is 2.12 bits per heavy atom. The standard InChI is InChI=1S/C10H9BrFNO4/c11-7-3-5(12)1-2-6(7)9(15)13-8(4-14)10(16)17/h1-3,8,14H,4H2,(H,13,15)(H,16,17)/t8-/m0/s1. The van der Waals surface area contributed by atoms with Crippen LogP contribution in [0.4, 0.5) is 4.39 Å². The van der Waals surface area contributed by atoms with Crippen molar-refractivity contribution < 1.29 is 24.2 Å². The number of carbonyl (C=O) groups is 2. The third-order valence-corrected chi connectivity index (χ3v) is 2.62. The van der Waals surface area contributed by atoms with Crippen molar-refractivity contribution in [1.29, 1.82) is 0 Å². The largest absolute Gasteiger partial charge is 0.480 e. The average molecular weight is 306 g/mol. The number of aliphatic hydroxyl groups is 1. The molecule has 0 spiro atoms. The SMILES string of the molecule is O=C(N[C@@H](CO)C(=O)O)c1ccc(F)cc1Br. The summed E-state index contributed by atoms with van der Waals surface area (Å²) in [5.41, 5.74) is 0.0890.